The summed E-state index contributed by atoms with van der Waals surface area (Å²) < 4.78 is 38.1. The number of hydrogen-bond donors (Lipinski definition) is 1. The first kappa shape index (κ1) is 24.7. The van der Waals surface area contributed by atoms with Crippen molar-refractivity contribution in [3.05, 3.63) is 59.7 Å². The molecule has 2 saturated carbocycles. The van der Waals surface area contributed by atoms with Gasteiger partial charge in [0.2, 0.25) is 5.91 Å². The number of carbonyl (C=O) groups is 3. The van der Waals surface area contributed by atoms with Crippen LogP contribution in [0.3, 0.4) is 0 Å². The zero-order valence-electron chi connectivity index (χ0n) is 19.3. The third kappa shape index (κ3) is 4.83. The van der Waals surface area contributed by atoms with E-state index in [4.69, 9.17) is 5.11 Å². The van der Waals surface area contributed by atoms with E-state index in [1.54, 1.807) is 4.90 Å². The van der Waals surface area contributed by atoms with Crippen LogP contribution in [0.25, 0.3) is 0 Å². The van der Waals surface area contributed by atoms with Crippen LogP contribution in [-0.4, -0.2) is 45.4 Å². The average Bonchev–Trinajstić information content (AvgIpc) is 3.63. The van der Waals surface area contributed by atoms with Gasteiger partial charge in [0.25, 0.3) is 5.91 Å². The molecule has 1 N–H and O–H groups in total. The molecule has 0 bridgehead atoms. The molecule has 2 aromatic rings. The van der Waals surface area contributed by atoms with Crippen molar-refractivity contribution in [2.45, 2.75) is 67.1 Å². The van der Waals surface area contributed by atoms with Crippen LogP contribution in [0.15, 0.2) is 53.4 Å². The molecule has 5 rings (SSSR count). The molecule has 0 radical (unpaired) electrons. The first-order chi connectivity index (χ1) is 17.1. The van der Waals surface area contributed by atoms with Gasteiger partial charge in [0.15, 0.2) is 0 Å². The monoisotopic (exact) mass is 518 g/mol. The molecule has 2 aliphatic carbocycles. The molecular formula is C26H25F3N2O4S. The van der Waals surface area contributed by atoms with E-state index in [2.05, 4.69) is 0 Å². The summed E-state index contributed by atoms with van der Waals surface area (Å²) in [7, 11) is 0. The second-order valence-corrected chi connectivity index (χ2v) is 10.6. The Kier molecular flexibility index (Phi) is 6.48. The van der Waals surface area contributed by atoms with E-state index >= 15 is 0 Å². The van der Waals surface area contributed by atoms with Crippen molar-refractivity contribution in [2.24, 2.45) is 5.92 Å². The average molecular weight is 519 g/mol. The Bertz CT molecular complexity index is 1180. The molecule has 1 heterocycles. The number of fused-ring (bicyclic) bond motifs is 2. The van der Waals surface area contributed by atoms with E-state index in [0.717, 1.165) is 31.2 Å². The molecule has 10 heteroatoms. The zero-order valence-corrected chi connectivity index (χ0v) is 20.1. The summed E-state index contributed by atoms with van der Waals surface area (Å²) in [4.78, 5) is 41.5. The number of amides is 2. The van der Waals surface area contributed by atoms with E-state index in [0.29, 0.717) is 11.3 Å². The van der Waals surface area contributed by atoms with Crippen LogP contribution in [0.4, 0.5) is 18.9 Å². The number of para-hydroxylation sites is 1. The van der Waals surface area contributed by atoms with E-state index in [-0.39, 0.29) is 65.4 Å². The van der Waals surface area contributed by atoms with E-state index < -0.39 is 11.5 Å². The van der Waals surface area contributed by atoms with Crippen LogP contribution in [-0.2, 0) is 9.59 Å². The highest BCUT2D eigenvalue weighted by atomic mass is 32.2. The number of carboxylic acids is 1. The van der Waals surface area contributed by atoms with Gasteiger partial charge in [-0.3, -0.25) is 14.4 Å². The number of carboxylic acid groups (broad SMARTS) is 1. The number of hydrogen-bond acceptors (Lipinski definition) is 4. The molecule has 36 heavy (non-hydrogen) atoms. The van der Waals surface area contributed by atoms with Crippen molar-refractivity contribution in [1.29, 1.82) is 0 Å². The van der Waals surface area contributed by atoms with Crippen LogP contribution in [0.5, 0.6) is 0 Å². The predicted octanol–water partition coefficient (Wildman–Crippen LogP) is 5.63. The van der Waals surface area contributed by atoms with Crippen molar-refractivity contribution < 1.29 is 32.7 Å². The van der Waals surface area contributed by atoms with Gasteiger partial charge in [-0.2, -0.15) is 13.2 Å². The number of thioether (sulfide) groups is 1. The van der Waals surface area contributed by atoms with Crippen LogP contribution in [0.2, 0.25) is 0 Å². The molecule has 3 atom stereocenters. The maximum Gasteiger partial charge on any atom is 0.446 e. The van der Waals surface area contributed by atoms with Crippen molar-refractivity contribution in [3.8, 4) is 0 Å². The number of alkyl halides is 3. The second kappa shape index (κ2) is 9.46. The third-order valence-electron chi connectivity index (χ3n) is 7.18. The minimum absolute atomic E-state index is 0.0123. The largest absolute Gasteiger partial charge is 0.481 e. The summed E-state index contributed by atoms with van der Waals surface area (Å²) in [6.07, 6.45) is 3.04. The van der Waals surface area contributed by atoms with Gasteiger partial charge < -0.3 is 14.9 Å². The molecule has 2 aromatic carbocycles. The number of benzene rings is 2. The molecular weight excluding hydrogens is 493 g/mol. The lowest BCUT2D eigenvalue weighted by atomic mass is 9.67. The summed E-state index contributed by atoms with van der Waals surface area (Å²) in [6, 6.07) is 12.6. The molecule has 2 amide bonds. The molecule has 1 aliphatic heterocycles. The van der Waals surface area contributed by atoms with Gasteiger partial charge in [-0.15, -0.1) is 0 Å². The summed E-state index contributed by atoms with van der Waals surface area (Å²) in [5, 5.41) is 9.08. The lowest BCUT2D eigenvalue weighted by molar-refractivity contribution is -0.143. The Balaban J connectivity index is 1.46. The fraction of sp³-hybridized carbons (Fsp3) is 0.423. The smallest absolute Gasteiger partial charge is 0.446 e. The van der Waals surface area contributed by atoms with Gasteiger partial charge in [-0.05, 0) is 73.3 Å². The van der Waals surface area contributed by atoms with Gasteiger partial charge in [0.05, 0.1) is 12.5 Å². The van der Waals surface area contributed by atoms with E-state index in [9.17, 15) is 27.6 Å². The highest BCUT2D eigenvalue weighted by Gasteiger charge is 2.53. The van der Waals surface area contributed by atoms with Gasteiger partial charge in [-0.1, -0.05) is 18.2 Å². The minimum atomic E-state index is -4.40. The Labute approximate surface area is 210 Å². The maximum absolute atomic E-state index is 13.6. The Morgan fingerprint density at radius 2 is 1.67 bits per heavy atom. The number of halogens is 3. The number of nitrogens with zero attached hydrogens (tertiary/aromatic N) is 2. The van der Waals surface area contributed by atoms with Crippen LogP contribution in [0, 0.1) is 5.92 Å². The molecule has 3 aliphatic rings. The SMILES string of the molecule is O=C(O)CCC(=O)N(C1CC1)C1c2ccccc2N(C(=O)c2ccc(SC(F)(F)F)cc2)[C@H]2CC[C@H]12. The van der Waals surface area contributed by atoms with Crippen molar-refractivity contribution in [2.75, 3.05) is 4.90 Å². The number of rotatable bonds is 7. The van der Waals surface area contributed by atoms with Crippen molar-refractivity contribution in [1.82, 2.24) is 4.90 Å². The van der Waals surface area contributed by atoms with Gasteiger partial charge in [0, 0.05) is 40.6 Å². The van der Waals surface area contributed by atoms with Crippen LogP contribution < -0.4 is 4.90 Å². The van der Waals surface area contributed by atoms with Gasteiger partial charge in [0.1, 0.15) is 0 Å². The van der Waals surface area contributed by atoms with Crippen molar-refractivity contribution in [3.63, 3.8) is 0 Å². The highest BCUT2D eigenvalue weighted by Crippen LogP contribution is 2.54. The number of carbonyl (C=O) groups excluding carboxylic acids is 2. The lowest BCUT2D eigenvalue weighted by Crippen LogP contribution is -2.59. The van der Waals surface area contributed by atoms with Crippen LogP contribution >= 0.6 is 11.8 Å². The first-order valence-corrected chi connectivity index (χ1v) is 12.8. The third-order valence-corrected chi connectivity index (χ3v) is 7.92. The fourth-order valence-corrected chi connectivity index (χ4v) is 5.94. The molecule has 2 fully saturated rings. The number of aliphatic carboxylic acids is 1. The molecule has 0 aromatic heterocycles. The summed E-state index contributed by atoms with van der Waals surface area (Å²) in [6.45, 7) is 0. The lowest BCUT2D eigenvalue weighted by Gasteiger charge is -2.55. The Hall–Kier alpha value is -3.01. The highest BCUT2D eigenvalue weighted by molar-refractivity contribution is 8.00. The van der Waals surface area contributed by atoms with E-state index in [1.807, 2.05) is 29.2 Å². The Morgan fingerprint density at radius 3 is 2.25 bits per heavy atom. The minimum Gasteiger partial charge on any atom is -0.481 e. The topological polar surface area (TPSA) is 77.9 Å². The standard InChI is InChI=1S/C26H25F3N2O4S/c27-26(28,29)36-17-9-5-15(6-10-17)25(35)31-20-4-2-1-3-18(20)24(19-11-12-21(19)31)30(16-7-8-16)22(32)13-14-23(33)34/h1-6,9-10,16,19,21,24H,7-8,11-14H2,(H,33,34)/t19-,21-,24?/m0/s1. The van der Waals surface area contributed by atoms with Crippen molar-refractivity contribution >= 4 is 35.2 Å². The van der Waals surface area contributed by atoms with Crippen LogP contribution in [0.1, 0.15) is 60.5 Å². The zero-order chi connectivity index (χ0) is 25.6. The molecule has 0 saturated heterocycles. The molecule has 190 valence electrons. The van der Waals surface area contributed by atoms with Gasteiger partial charge in [-0.25, -0.2) is 0 Å². The normalized spacial score (nSPS) is 22.8. The van der Waals surface area contributed by atoms with Gasteiger partial charge >= 0.3 is 11.5 Å². The quantitative estimate of drug-likeness (QED) is 0.481. The molecule has 1 unspecified atom stereocenters. The molecule has 0 spiro atoms. The van der Waals surface area contributed by atoms with E-state index in [1.165, 1.54) is 24.3 Å². The predicted molar refractivity (Wildman–Crippen MR) is 128 cm³/mol. The maximum atomic E-state index is 13.6. The second-order valence-electron chi connectivity index (χ2n) is 9.49. The summed E-state index contributed by atoms with van der Waals surface area (Å²) in [5.74, 6) is -1.46. The number of anilines is 1. The molecule has 6 nitrogen and oxygen atoms in total. The first-order valence-electron chi connectivity index (χ1n) is 12.0. The fourth-order valence-electron chi connectivity index (χ4n) is 5.40. The Morgan fingerprint density at radius 1 is 0.972 bits per heavy atom. The summed E-state index contributed by atoms with van der Waals surface area (Å²) >= 11 is -0.221. The summed E-state index contributed by atoms with van der Waals surface area (Å²) in [5.41, 5.74) is -2.55.